The van der Waals surface area contributed by atoms with Gasteiger partial charge in [-0.3, -0.25) is 33.8 Å². The Balaban J connectivity index is 1.67. The number of halogens is 1. The van der Waals surface area contributed by atoms with Crippen LogP contribution in [0.25, 0.3) is 11.3 Å². The first-order chi connectivity index (χ1) is 26.2. The summed E-state index contributed by atoms with van der Waals surface area (Å²) in [6.07, 6.45) is 2.51. The summed E-state index contributed by atoms with van der Waals surface area (Å²) >= 11 is 4.63. The first-order valence-electron chi connectivity index (χ1n) is 17.5. The monoisotopic (exact) mass is 846 g/mol. The number of benzene rings is 1. The summed E-state index contributed by atoms with van der Waals surface area (Å²) in [5, 5.41) is 23.2. The number of hydrogen-bond donors (Lipinski definition) is 12. The quantitative estimate of drug-likeness (QED) is 0.101. The fourth-order valence-corrected chi connectivity index (χ4v) is 6.32. The largest absolute Gasteiger partial charge is 0.370 e. The maximum atomic E-state index is 14.0. The van der Waals surface area contributed by atoms with Crippen molar-refractivity contribution in [3.8, 4) is 11.3 Å². The van der Waals surface area contributed by atoms with Gasteiger partial charge in [0.2, 0.25) is 29.5 Å². The van der Waals surface area contributed by atoms with Gasteiger partial charge in [-0.2, -0.15) is 0 Å². The van der Waals surface area contributed by atoms with Gasteiger partial charge < -0.3 is 65.5 Å². The van der Waals surface area contributed by atoms with Crippen LogP contribution in [0.15, 0.2) is 51.0 Å². The minimum atomic E-state index is -1.46. The van der Waals surface area contributed by atoms with Crippen molar-refractivity contribution in [2.75, 3.05) is 31.5 Å². The van der Waals surface area contributed by atoms with E-state index in [1.807, 2.05) is 24.3 Å². The van der Waals surface area contributed by atoms with Crippen molar-refractivity contribution < 1.29 is 28.8 Å². The molecular weight excluding hydrogens is 800 g/mol. The van der Waals surface area contributed by atoms with E-state index in [4.69, 9.17) is 22.9 Å². The average molecular weight is 848 g/mol. The summed E-state index contributed by atoms with van der Waals surface area (Å²) in [5.74, 6) is -4.58. The minimum absolute atomic E-state index is 0.0487. The standard InChI is InChI=1S/C33H47BrN14O6S/c1-16-27(50)44-22(13-40-25(49)11-19(36)3-2-9-35)29(52)45-23(14-42-33-47-24(15-55-33)17-4-6-18(34)7-5-17)30(53)48-26(21-8-10-39-32(38)46-21)31(54)41-12-20(37)28(51)43-16/h4-7,14-16,19-22,26H,2-3,8-13,35-37H2,1H3,(H,40,49)(H,41,54)(H,42,47)(H,43,51)(H,44,50)(H,45,52)(H,48,53)(H3,38,39,46)/b23-14-/t16-,19-,20?,21?,22-,26-/m0/s1. The third-order valence-corrected chi connectivity index (χ3v) is 9.76. The number of thiazole rings is 1. The molecule has 0 spiro atoms. The number of guanidine groups is 1. The fraction of sp³-hybridized carbons (Fsp3) is 0.455. The Morgan fingerprint density at radius 1 is 1.05 bits per heavy atom. The molecule has 1 aromatic heterocycles. The molecule has 0 bridgehead atoms. The molecular formula is C33H47BrN14O6S. The van der Waals surface area contributed by atoms with Crippen molar-refractivity contribution in [2.45, 2.75) is 68.9 Å². The van der Waals surface area contributed by atoms with Gasteiger partial charge in [-0.05, 0) is 44.9 Å². The number of nitrogens with zero attached hydrogens (tertiary/aromatic N) is 2. The lowest BCUT2D eigenvalue weighted by Gasteiger charge is -2.31. The predicted octanol–water partition coefficient (Wildman–Crippen LogP) is -2.88. The second-order valence-corrected chi connectivity index (χ2v) is 14.6. The van der Waals surface area contributed by atoms with E-state index >= 15 is 0 Å². The van der Waals surface area contributed by atoms with Gasteiger partial charge in [0, 0.05) is 53.7 Å². The molecule has 2 unspecified atom stereocenters. The maximum Gasteiger partial charge on any atom is 0.270 e. The van der Waals surface area contributed by atoms with E-state index in [1.165, 1.54) is 24.5 Å². The molecule has 298 valence electrons. The molecule has 3 heterocycles. The van der Waals surface area contributed by atoms with Crippen molar-refractivity contribution >= 4 is 73.8 Å². The van der Waals surface area contributed by atoms with Crippen molar-refractivity contribution in [1.82, 2.24) is 42.2 Å². The summed E-state index contributed by atoms with van der Waals surface area (Å²) in [5.41, 5.74) is 24.6. The summed E-state index contributed by atoms with van der Waals surface area (Å²) in [4.78, 5) is 89.0. The number of amides is 6. The van der Waals surface area contributed by atoms with Gasteiger partial charge >= 0.3 is 0 Å². The number of carbonyl (C=O) groups excluding carboxylic acids is 6. The molecule has 20 nitrogen and oxygen atoms in total. The van der Waals surface area contributed by atoms with Gasteiger partial charge in [-0.15, -0.1) is 11.3 Å². The molecule has 1 fully saturated rings. The minimum Gasteiger partial charge on any atom is -0.370 e. The molecule has 2 aliphatic heterocycles. The highest BCUT2D eigenvalue weighted by atomic mass is 79.9. The average Bonchev–Trinajstić information content (AvgIpc) is 3.63. The van der Waals surface area contributed by atoms with Gasteiger partial charge in [0.15, 0.2) is 11.1 Å². The van der Waals surface area contributed by atoms with Gasteiger partial charge in [-0.1, -0.05) is 28.1 Å². The highest BCUT2D eigenvalue weighted by Gasteiger charge is 2.35. The molecule has 22 heteroatoms. The van der Waals surface area contributed by atoms with Gasteiger partial charge in [0.05, 0.1) is 11.7 Å². The summed E-state index contributed by atoms with van der Waals surface area (Å²) in [6.45, 7) is 1.25. The number of anilines is 1. The third kappa shape index (κ3) is 13.0. The number of aromatic nitrogens is 1. The van der Waals surface area contributed by atoms with E-state index in [0.29, 0.717) is 30.2 Å². The Morgan fingerprint density at radius 2 is 1.80 bits per heavy atom. The van der Waals surface area contributed by atoms with Gasteiger partial charge in [0.25, 0.3) is 5.91 Å². The zero-order valence-corrected chi connectivity index (χ0v) is 32.4. The van der Waals surface area contributed by atoms with E-state index in [1.54, 1.807) is 5.38 Å². The van der Waals surface area contributed by atoms with Crippen LogP contribution in [0.2, 0.25) is 0 Å². The molecule has 2 aliphatic rings. The Morgan fingerprint density at radius 3 is 2.51 bits per heavy atom. The third-order valence-electron chi connectivity index (χ3n) is 8.46. The Labute approximate surface area is 329 Å². The number of carbonyl (C=O) groups is 6. The summed E-state index contributed by atoms with van der Waals surface area (Å²) in [7, 11) is 0. The molecule has 16 N–H and O–H groups in total. The van der Waals surface area contributed by atoms with Gasteiger partial charge in [0.1, 0.15) is 29.9 Å². The SMILES string of the molecule is C[C@@H]1NC(=O)C(N)CNC(=O)[C@H](C2CCN=C(N)N2)NC(=O)/C(=C/Nc2nc(-c3ccc(Br)cc3)cs2)NC(=O)[C@H](CNC(=O)C[C@@H](N)CCCN)NC1=O. The van der Waals surface area contributed by atoms with Gasteiger partial charge in [-0.25, -0.2) is 4.98 Å². The molecule has 0 saturated carbocycles. The topological polar surface area (TPSA) is 328 Å². The van der Waals surface area contributed by atoms with Crippen molar-refractivity contribution in [1.29, 1.82) is 0 Å². The van der Waals surface area contributed by atoms with Crippen LogP contribution >= 0.6 is 27.3 Å². The Hall–Kier alpha value is -5.16. The van der Waals surface area contributed by atoms with E-state index in [0.717, 1.165) is 10.0 Å². The van der Waals surface area contributed by atoms with Crippen LogP contribution in [-0.2, 0) is 28.8 Å². The molecule has 0 radical (unpaired) electrons. The van der Waals surface area contributed by atoms with Crippen LogP contribution in [0.4, 0.5) is 5.13 Å². The highest BCUT2D eigenvalue weighted by Crippen LogP contribution is 2.26. The van der Waals surface area contributed by atoms with Crippen molar-refractivity contribution in [3.63, 3.8) is 0 Å². The molecule has 1 saturated heterocycles. The van der Waals surface area contributed by atoms with E-state index in [2.05, 4.69) is 68.4 Å². The van der Waals surface area contributed by atoms with Crippen LogP contribution < -0.4 is 65.5 Å². The molecule has 1 aromatic carbocycles. The Bertz CT molecular complexity index is 1770. The molecule has 6 amide bonds. The fourth-order valence-electron chi connectivity index (χ4n) is 5.37. The lowest BCUT2D eigenvalue weighted by atomic mass is 10.0. The number of nitrogens with two attached hydrogens (primary N) is 4. The lowest BCUT2D eigenvalue weighted by molar-refractivity contribution is -0.133. The van der Waals surface area contributed by atoms with Crippen molar-refractivity contribution in [2.24, 2.45) is 27.9 Å². The Kier molecular flexibility index (Phi) is 15.9. The highest BCUT2D eigenvalue weighted by molar-refractivity contribution is 9.10. The molecule has 55 heavy (non-hydrogen) atoms. The number of aliphatic imine (C=N–C) groups is 1. The molecule has 6 atom stereocenters. The lowest BCUT2D eigenvalue weighted by Crippen LogP contribution is -2.63. The van der Waals surface area contributed by atoms with Crippen molar-refractivity contribution in [3.05, 3.63) is 46.0 Å². The van der Waals surface area contributed by atoms with Crippen LogP contribution in [-0.4, -0.2) is 109 Å². The second kappa shape index (κ2) is 20.5. The number of nitrogens with one attached hydrogen (secondary N) is 8. The second-order valence-electron chi connectivity index (χ2n) is 12.8. The zero-order valence-electron chi connectivity index (χ0n) is 30.0. The smallest absolute Gasteiger partial charge is 0.270 e. The summed E-state index contributed by atoms with van der Waals surface area (Å²) in [6, 6.07) is 0.976. The maximum absolute atomic E-state index is 14.0. The van der Waals surface area contributed by atoms with E-state index in [-0.39, 0.29) is 37.6 Å². The van der Waals surface area contributed by atoms with Crippen LogP contribution in [0.1, 0.15) is 32.6 Å². The van der Waals surface area contributed by atoms with Crippen LogP contribution in [0.5, 0.6) is 0 Å². The first-order valence-corrected chi connectivity index (χ1v) is 19.1. The number of rotatable bonds is 11. The molecule has 0 aliphatic carbocycles. The van der Waals surface area contributed by atoms with E-state index in [9.17, 15) is 28.8 Å². The zero-order chi connectivity index (χ0) is 40.1. The molecule has 2 aromatic rings. The normalized spacial score (nSPS) is 24.2. The van der Waals surface area contributed by atoms with E-state index < -0.39 is 78.2 Å². The predicted molar refractivity (Wildman–Crippen MR) is 209 cm³/mol. The first kappa shape index (κ1) is 42.6. The van der Waals surface area contributed by atoms with Crippen LogP contribution in [0.3, 0.4) is 0 Å². The van der Waals surface area contributed by atoms with Crippen LogP contribution in [0, 0.1) is 0 Å². The molecule has 4 rings (SSSR count). The number of hydrogen-bond acceptors (Lipinski definition) is 15. The summed E-state index contributed by atoms with van der Waals surface area (Å²) < 4.78 is 0.893.